The smallest absolute Gasteiger partial charge is 0.320 e. The molecular formula is C33H50N10O3S. The molecule has 0 radical (unpaired) electrons. The van der Waals surface area contributed by atoms with Crippen molar-refractivity contribution in [1.82, 2.24) is 35.7 Å². The van der Waals surface area contributed by atoms with E-state index in [1.165, 1.54) is 32.1 Å². The van der Waals surface area contributed by atoms with Gasteiger partial charge in [0.2, 0.25) is 11.9 Å². The molecule has 0 bridgehead atoms. The zero-order valence-electron chi connectivity index (χ0n) is 27.3. The van der Waals surface area contributed by atoms with Gasteiger partial charge in [0.1, 0.15) is 21.9 Å². The predicted molar refractivity (Wildman–Crippen MR) is 186 cm³/mol. The normalized spacial score (nSPS) is 16.7. The van der Waals surface area contributed by atoms with Crippen LogP contribution in [0.5, 0.6) is 0 Å². The van der Waals surface area contributed by atoms with Crippen LogP contribution in [0.3, 0.4) is 0 Å². The van der Waals surface area contributed by atoms with Crippen LogP contribution in [0.4, 0.5) is 11.8 Å². The van der Waals surface area contributed by atoms with Crippen LogP contribution in [-0.2, 0) is 22.6 Å². The van der Waals surface area contributed by atoms with E-state index in [4.69, 9.17) is 20.8 Å². The summed E-state index contributed by atoms with van der Waals surface area (Å²) in [6.07, 6.45) is 11.7. The third-order valence-electron chi connectivity index (χ3n) is 9.00. The van der Waals surface area contributed by atoms with Crippen LogP contribution in [0.25, 0.3) is 10.9 Å². The Labute approximate surface area is 280 Å². The molecule has 14 heteroatoms. The van der Waals surface area contributed by atoms with Gasteiger partial charge < -0.3 is 37.0 Å². The van der Waals surface area contributed by atoms with Gasteiger partial charge in [-0.2, -0.15) is 4.98 Å². The molecule has 47 heavy (non-hydrogen) atoms. The minimum absolute atomic E-state index is 0.0522. The second kappa shape index (κ2) is 18.2. The number of carboxylic acids is 1. The fourth-order valence-corrected chi connectivity index (χ4v) is 7.05. The number of fused-ring (bicyclic) bond motifs is 1. The number of hydrogen-bond donors (Lipinski definition) is 6. The van der Waals surface area contributed by atoms with E-state index in [2.05, 4.69) is 31.5 Å². The van der Waals surface area contributed by atoms with Crippen LogP contribution < -0.4 is 27.0 Å². The molecule has 1 saturated carbocycles. The second-order valence-corrected chi connectivity index (χ2v) is 13.8. The predicted octanol–water partition coefficient (Wildman–Crippen LogP) is 3.52. The monoisotopic (exact) mass is 666 g/mol. The molecule has 2 aliphatic rings. The quantitative estimate of drug-likeness (QED) is 0.109. The molecule has 1 saturated heterocycles. The van der Waals surface area contributed by atoms with Gasteiger partial charge in [-0.3, -0.25) is 9.59 Å². The molecule has 2 aromatic heterocycles. The zero-order valence-corrected chi connectivity index (χ0v) is 28.1. The maximum absolute atomic E-state index is 12.6. The van der Waals surface area contributed by atoms with Gasteiger partial charge in [0.05, 0.1) is 12.1 Å². The lowest BCUT2D eigenvalue weighted by Gasteiger charge is -2.33. The largest absolute Gasteiger partial charge is 0.480 e. The van der Waals surface area contributed by atoms with Crippen molar-refractivity contribution in [3.8, 4) is 0 Å². The molecule has 3 aromatic rings. The Kier molecular flexibility index (Phi) is 13.5. The molecule has 1 aliphatic carbocycles. The lowest BCUT2D eigenvalue weighted by Crippen LogP contribution is -2.43. The van der Waals surface area contributed by atoms with Gasteiger partial charge in [-0.25, -0.2) is 4.98 Å². The van der Waals surface area contributed by atoms with E-state index in [1.807, 2.05) is 24.3 Å². The fraction of sp³-hybridized carbons (Fsp3) is 0.636. The maximum Gasteiger partial charge on any atom is 0.320 e. The number of aliphatic carboxylic acids is 1. The Morgan fingerprint density at radius 1 is 0.957 bits per heavy atom. The van der Waals surface area contributed by atoms with E-state index >= 15 is 0 Å². The summed E-state index contributed by atoms with van der Waals surface area (Å²) in [4.78, 5) is 34.9. The Hall–Kier alpha value is -3.46. The Balaban J connectivity index is 1.03. The lowest BCUT2D eigenvalue weighted by molar-refractivity contribution is -0.139. The van der Waals surface area contributed by atoms with Crippen molar-refractivity contribution in [3.63, 3.8) is 0 Å². The summed E-state index contributed by atoms with van der Waals surface area (Å²) >= 11 is 1.62. The molecule has 0 spiro atoms. The number of amides is 1. The molecule has 1 aromatic carbocycles. The third kappa shape index (κ3) is 11.1. The molecule has 1 aliphatic heterocycles. The number of hydrogen-bond acceptors (Lipinski definition) is 12. The van der Waals surface area contributed by atoms with Crippen LogP contribution in [-0.4, -0.2) is 92.9 Å². The van der Waals surface area contributed by atoms with Crippen molar-refractivity contribution in [2.45, 2.75) is 102 Å². The molecular weight excluding hydrogens is 616 g/mol. The molecule has 1 amide bonds. The standard InChI is InChI=1S/C33H50N10O3S/c34-26(32(45)46)13-14-30(44)43-20-15-24(16-21-43)38-31-25-10-4-5-11-27(25)39-33(40-31)37-22-29-42-41-28(47-29)12-6-17-35-18-7-19-36-23-8-2-1-3-9-23/h4-5,10-11,23-24,26,35-36H,1-3,6-9,12-22,34H2,(H,45,46)(H2,37,38,39,40)/t26-/m0/s1. The highest BCUT2D eigenvalue weighted by Crippen LogP contribution is 2.25. The van der Waals surface area contributed by atoms with E-state index in [0.717, 1.165) is 84.5 Å². The van der Waals surface area contributed by atoms with Crippen LogP contribution >= 0.6 is 11.3 Å². The number of aromatic nitrogens is 4. The number of benzene rings is 1. The Morgan fingerprint density at radius 3 is 2.53 bits per heavy atom. The van der Waals surface area contributed by atoms with Gasteiger partial charge in [0, 0.05) is 43.4 Å². The van der Waals surface area contributed by atoms with Gasteiger partial charge in [-0.1, -0.05) is 42.7 Å². The number of nitrogens with two attached hydrogens (primary N) is 1. The summed E-state index contributed by atoms with van der Waals surface area (Å²) in [7, 11) is 0. The van der Waals surface area contributed by atoms with E-state index in [-0.39, 0.29) is 24.8 Å². The number of para-hydroxylation sites is 1. The highest BCUT2D eigenvalue weighted by atomic mass is 32.1. The third-order valence-corrected chi connectivity index (χ3v) is 9.98. The minimum atomic E-state index is -1.08. The number of anilines is 2. The average molecular weight is 667 g/mol. The number of rotatable bonds is 18. The molecule has 0 unspecified atom stereocenters. The molecule has 13 nitrogen and oxygen atoms in total. The SMILES string of the molecule is N[C@@H](CCC(=O)N1CCC(Nc2nc(NCc3nnc(CCCNCCCNC4CCCCC4)s3)nc3ccccc23)CC1)C(=O)O. The Morgan fingerprint density at radius 2 is 1.72 bits per heavy atom. The minimum Gasteiger partial charge on any atom is -0.480 e. The molecule has 1 atom stereocenters. The number of carbonyl (C=O) groups excluding carboxylic acids is 1. The van der Waals surface area contributed by atoms with Crippen molar-refractivity contribution in [2.24, 2.45) is 5.73 Å². The Bertz CT molecular complexity index is 1420. The van der Waals surface area contributed by atoms with Crippen molar-refractivity contribution >= 4 is 45.9 Å². The highest BCUT2D eigenvalue weighted by molar-refractivity contribution is 7.11. The number of carboxylic acid groups (broad SMARTS) is 1. The van der Waals surface area contributed by atoms with Crippen molar-refractivity contribution < 1.29 is 14.7 Å². The first-order valence-electron chi connectivity index (χ1n) is 17.2. The summed E-state index contributed by atoms with van der Waals surface area (Å²) in [5.74, 6) is 0.142. The van der Waals surface area contributed by atoms with Crippen molar-refractivity contribution in [3.05, 3.63) is 34.3 Å². The van der Waals surface area contributed by atoms with Crippen molar-refractivity contribution in [1.29, 1.82) is 0 Å². The van der Waals surface area contributed by atoms with E-state index in [9.17, 15) is 9.59 Å². The topological polar surface area (TPSA) is 183 Å². The number of aryl methyl sites for hydroxylation is 1. The first-order valence-corrected chi connectivity index (χ1v) is 18.0. The number of nitrogens with zero attached hydrogens (tertiary/aromatic N) is 5. The average Bonchev–Trinajstić information content (AvgIpc) is 3.55. The van der Waals surface area contributed by atoms with Gasteiger partial charge in [0.15, 0.2) is 0 Å². The number of nitrogens with one attached hydrogen (secondary N) is 4. The van der Waals surface area contributed by atoms with Gasteiger partial charge in [0.25, 0.3) is 0 Å². The number of piperidine rings is 1. The highest BCUT2D eigenvalue weighted by Gasteiger charge is 2.25. The van der Waals surface area contributed by atoms with Crippen LogP contribution in [0.15, 0.2) is 24.3 Å². The van der Waals surface area contributed by atoms with E-state index in [0.29, 0.717) is 25.6 Å². The van der Waals surface area contributed by atoms with Crippen molar-refractivity contribution in [2.75, 3.05) is 43.4 Å². The summed E-state index contributed by atoms with van der Waals surface area (Å²) in [5.41, 5.74) is 6.40. The molecule has 2 fully saturated rings. The summed E-state index contributed by atoms with van der Waals surface area (Å²) < 4.78 is 0. The van der Waals surface area contributed by atoms with Crippen LogP contribution in [0, 0.1) is 0 Å². The number of likely N-dealkylation sites (tertiary alicyclic amines) is 1. The van der Waals surface area contributed by atoms with E-state index < -0.39 is 12.0 Å². The summed E-state index contributed by atoms with van der Waals surface area (Å²) in [6, 6.07) is 7.78. The maximum atomic E-state index is 12.6. The summed E-state index contributed by atoms with van der Waals surface area (Å²) in [6.45, 7) is 4.81. The molecule has 256 valence electrons. The zero-order chi connectivity index (χ0) is 32.8. The first kappa shape index (κ1) is 34.9. The van der Waals surface area contributed by atoms with Gasteiger partial charge >= 0.3 is 5.97 Å². The van der Waals surface area contributed by atoms with Gasteiger partial charge in [-0.05, 0) is 76.7 Å². The van der Waals surface area contributed by atoms with Gasteiger partial charge in [-0.15, -0.1) is 10.2 Å². The number of carbonyl (C=O) groups is 2. The molecule has 5 rings (SSSR count). The molecule has 7 N–H and O–H groups in total. The van der Waals surface area contributed by atoms with Crippen LogP contribution in [0.1, 0.15) is 80.6 Å². The first-order chi connectivity index (χ1) is 22.9. The fourth-order valence-electron chi connectivity index (χ4n) is 6.22. The lowest BCUT2D eigenvalue weighted by atomic mass is 9.95. The molecule has 3 heterocycles. The summed E-state index contributed by atoms with van der Waals surface area (Å²) in [5, 5.41) is 34.8. The van der Waals surface area contributed by atoms with E-state index in [1.54, 1.807) is 16.2 Å². The second-order valence-electron chi connectivity index (χ2n) is 12.6. The van der Waals surface area contributed by atoms with Crippen LogP contribution in [0.2, 0.25) is 0 Å².